The molecule has 0 aliphatic heterocycles. The van der Waals surface area contributed by atoms with Gasteiger partial charge in [0, 0.05) is 25.0 Å². The fourth-order valence-electron chi connectivity index (χ4n) is 1.58. The zero-order valence-electron chi connectivity index (χ0n) is 10.7. The lowest BCUT2D eigenvalue weighted by molar-refractivity contribution is 0.395. The summed E-state index contributed by atoms with van der Waals surface area (Å²) in [7, 11) is 1.61. The predicted molar refractivity (Wildman–Crippen MR) is 71.2 cm³/mol. The second kappa shape index (κ2) is 7.33. The Bertz CT molecular complexity index is 347. The van der Waals surface area contributed by atoms with E-state index in [-0.39, 0.29) is 0 Å². The second-order valence-corrected chi connectivity index (χ2v) is 4.22. The first-order chi connectivity index (χ1) is 8.21. The van der Waals surface area contributed by atoms with Crippen LogP contribution in [0.1, 0.15) is 25.6 Å². The van der Waals surface area contributed by atoms with E-state index >= 15 is 0 Å². The first kappa shape index (κ1) is 14.0. The maximum absolute atomic E-state index is 5.82. The van der Waals surface area contributed by atoms with E-state index in [1.165, 1.54) is 0 Å². The van der Waals surface area contributed by atoms with Gasteiger partial charge in [0.1, 0.15) is 11.6 Å². The molecule has 0 aliphatic rings. The van der Waals surface area contributed by atoms with Gasteiger partial charge in [-0.05, 0) is 13.3 Å². The summed E-state index contributed by atoms with van der Waals surface area (Å²) in [5.74, 6) is 2.80. The van der Waals surface area contributed by atoms with Gasteiger partial charge in [0.05, 0.1) is 7.11 Å². The van der Waals surface area contributed by atoms with Gasteiger partial charge in [-0.15, -0.1) is 11.6 Å². The van der Waals surface area contributed by atoms with Crippen molar-refractivity contribution in [2.45, 2.75) is 26.7 Å². The molecule has 5 heteroatoms. The van der Waals surface area contributed by atoms with Crippen molar-refractivity contribution in [2.75, 3.05) is 31.0 Å². The van der Waals surface area contributed by atoms with Crippen molar-refractivity contribution >= 4 is 17.4 Å². The average Bonchev–Trinajstić information content (AvgIpc) is 2.33. The Labute approximate surface area is 108 Å². The van der Waals surface area contributed by atoms with Crippen LogP contribution in [0.4, 0.5) is 5.82 Å². The Hall–Kier alpha value is -1.03. The molecule has 0 saturated heterocycles. The van der Waals surface area contributed by atoms with Crippen molar-refractivity contribution < 1.29 is 4.74 Å². The van der Waals surface area contributed by atoms with Gasteiger partial charge in [0.2, 0.25) is 5.88 Å². The zero-order chi connectivity index (χ0) is 12.7. The number of aromatic nitrogens is 2. The number of methoxy groups -OCH3 is 1. The molecule has 0 spiro atoms. The number of ether oxygens (including phenoxy) is 1. The number of rotatable bonds is 7. The number of hydrogen-bond donors (Lipinski definition) is 0. The topological polar surface area (TPSA) is 38.2 Å². The molecule has 0 fully saturated rings. The fourth-order valence-corrected chi connectivity index (χ4v) is 1.79. The largest absolute Gasteiger partial charge is 0.481 e. The molecule has 1 aromatic rings. The van der Waals surface area contributed by atoms with Gasteiger partial charge in [-0.2, -0.15) is 4.98 Å². The highest BCUT2D eigenvalue weighted by Gasteiger charge is 2.09. The summed E-state index contributed by atoms with van der Waals surface area (Å²) >= 11 is 5.82. The van der Waals surface area contributed by atoms with Crippen LogP contribution >= 0.6 is 11.6 Å². The van der Waals surface area contributed by atoms with Crippen LogP contribution in [-0.4, -0.2) is 36.0 Å². The number of nitrogens with zero attached hydrogens (tertiary/aromatic N) is 3. The number of unbranched alkanes of at least 4 members (excludes halogenated alkanes) is 1. The minimum atomic E-state index is 0.592. The molecule has 17 heavy (non-hydrogen) atoms. The van der Waals surface area contributed by atoms with Crippen molar-refractivity contribution in [1.29, 1.82) is 0 Å². The summed E-state index contributed by atoms with van der Waals surface area (Å²) in [5, 5.41) is 0. The molecule has 0 bridgehead atoms. The highest BCUT2D eigenvalue weighted by molar-refractivity contribution is 6.18. The van der Waals surface area contributed by atoms with E-state index in [4.69, 9.17) is 16.3 Å². The third kappa shape index (κ3) is 4.38. The summed E-state index contributed by atoms with van der Waals surface area (Å²) in [5.41, 5.74) is 0. The molecule has 0 atom stereocenters. The van der Waals surface area contributed by atoms with E-state index in [0.717, 1.165) is 37.6 Å². The molecule has 0 amide bonds. The first-order valence-corrected chi connectivity index (χ1v) is 6.45. The summed E-state index contributed by atoms with van der Waals surface area (Å²) in [6, 6.07) is 1.86. The summed E-state index contributed by atoms with van der Waals surface area (Å²) in [6.45, 7) is 5.79. The quantitative estimate of drug-likeness (QED) is 0.704. The van der Waals surface area contributed by atoms with Crippen LogP contribution in [0.2, 0.25) is 0 Å². The molecule has 4 nitrogen and oxygen atoms in total. The predicted octanol–water partition coefficient (Wildman–Crippen LogP) is 2.64. The minimum Gasteiger partial charge on any atom is -0.481 e. The van der Waals surface area contributed by atoms with Crippen LogP contribution in [0.5, 0.6) is 5.88 Å². The molecule has 96 valence electrons. The van der Waals surface area contributed by atoms with Gasteiger partial charge < -0.3 is 9.64 Å². The van der Waals surface area contributed by atoms with Crippen LogP contribution in [0.3, 0.4) is 0 Å². The molecule has 1 aromatic heterocycles. The van der Waals surface area contributed by atoms with E-state index in [2.05, 4.69) is 21.8 Å². The van der Waals surface area contributed by atoms with Crippen molar-refractivity contribution in [3.63, 3.8) is 0 Å². The number of alkyl halides is 1. The number of anilines is 1. The van der Waals surface area contributed by atoms with Crippen molar-refractivity contribution in [3.8, 4) is 5.88 Å². The Morgan fingerprint density at radius 2 is 2.12 bits per heavy atom. The average molecular weight is 258 g/mol. The molecular weight excluding hydrogens is 238 g/mol. The zero-order valence-corrected chi connectivity index (χ0v) is 11.5. The second-order valence-electron chi connectivity index (χ2n) is 3.85. The summed E-state index contributed by atoms with van der Waals surface area (Å²) in [4.78, 5) is 10.8. The lowest BCUT2D eigenvalue weighted by Gasteiger charge is -2.23. The SMILES string of the molecule is CCCCN(CCCl)c1cc(OC)nc(C)n1. The Morgan fingerprint density at radius 1 is 1.35 bits per heavy atom. The Balaban J connectivity index is 2.87. The Kier molecular flexibility index (Phi) is 6.05. The minimum absolute atomic E-state index is 0.592. The summed E-state index contributed by atoms with van der Waals surface area (Å²) < 4.78 is 5.16. The van der Waals surface area contributed by atoms with Gasteiger partial charge in [-0.1, -0.05) is 13.3 Å². The highest BCUT2D eigenvalue weighted by atomic mass is 35.5. The van der Waals surface area contributed by atoms with Crippen LogP contribution < -0.4 is 9.64 Å². The number of hydrogen-bond acceptors (Lipinski definition) is 4. The molecular formula is C12H20ClN3O. The van der Waals surface area contributed by atoms with Crippen LogP contribution in [0, 0.1) is 6.92 Å². The van der Waals surface area contributed by atoms with Gasteiger partial charge >= 0.3 is 0 Å². The monoisotopic (exact) mass is 257 g/mol. The van der Waals surface area contributed by atoms with E-state index in [1.807, 2.05) is 13.0 Å². The molecule has 1 rings (SSSR count). The van der Waals surface area contributed by atoms with Gasteiger partial charge in [-0.3, -0.25) is 0 Å². The molecule has 0 saturated carbocycles. The smallest absolute Gasteiger partial charge is 0.218 e. The maximum Gasteiger partial charge on any atom is 0.218 e. The fraction of sp³-hybridized carbons (Fsp3) is 0.667. The summed E-state index contributed by atoms with van der Waals surface area (Å²) in [6.07, 6.45) is 2.28. The van der Waals surface area contributed by atoms with Gasteiger partial charge in [0.15, 0.2) is 0 Å². The van der Waals surface area contributed by atoms with Gasteiger partial charge in [-0.25, -0.2) is 4.98 Å². The number of aryl methyl sites for hydroxylation is 1. The van der Waals surface area contributed by atoms with E-state index in [0.29, 0.717) is 11.8 Å². The standard InChI is InChI=1S/C12H20ClN3O/c1-4-5-7-16(8-6-13)11-9-12(17-3)15-10(2)14-11/h9H,4-8H2,1-3H3. The third-order valence-corrected chi connectivity index (χ3v) is 2.64. The molecule has 0 N–H and O–H groups in total. The molecule has 0 aromatic carbocycles. The maximum atomic E-state index is 5.82. The van der Waals surface area contributed by atoms with Crippen molar-refractivity contribution in [2.24, 2.45) is 0 Å². The highest BCUT2D eigenvalue weighted by Crippen LogP contribution is 2.17. The molecule has 0 unspecified atom stereocenters. The lowest BCUT2D eigenvalue weighted by atomic mass is 10.3. The lowest BCUT2D eigenvalue weighted by Crippen LogP contribution is -2.27. The number of halogens is 1. The van der Waals surface area contributed by atoms with Crippen molar-refractivity contribution in [1.82, 2.24) is 9.97 Å². The van der Waals surface area contributed by atoms with E-state index in [9.17, 15) is 0 Å². The molecule has 0 radical (unpaired) electrons. The molecule has 1 heterocycles. The van der Waals surface area contributed by atoms with Crippen LogP contribution in [0.25, 0.3) is 0 Å². The van der Waals surface area contributed by atoms with E-state index < -0.39 is 0 Å². The molecule has 0 aliphatic carbocycles. The third-order valence-electron chi connectivity index (χ3n) is 2.47. The first-order valence-electron chi connectivity index (χ1n) is 5.91. The van der Waals surface area contributed by atoms with E-state index in [1.54, 1.807) is 7.11 Å². The van der Waals surface area contributed by atoms with Crippen LogP contribution in [-0.2, 0) is 0 Å². The van der Waals surface area contributed by atoms with Crippen molar-refractivity contribution in [3.05, 3.63) is 11.9 Å². The van der Waals surface area contributed by atoms with Gasteiger partial charge in [0.25, 0.3) is 0 Å². The Morgan fingerprint density at radius 3 is 2.71 bits per heavy atom. The van der Waals surface area contributed by atoms with Crippen LogP contribution in [0.15, 0.2) is 6.07 Å². The normalized spacial score (nSPS) is 10.4.